The lowest BCUT2D eigenvalue weighted by atomic mass is 9.84. The van der Waals surface area contributed by atoms with Gasteiger partial charge in [0.05, 0.1) is 0 Å². The third-order valence-electron chi connectivity index (χ3n) is 6.81. The van der Waals surface area contributed by atoms with E-state index in [9.17, 15) is 0 Å². The zero-order valence-corrected chi connectivity index (χ0v) is 23.1. The molecule has 0 aromatic heterocycles. The Labute approximate surface area is 227 Å². The Hall–Kier alpha value is -0.290. The molecular formula is C25H51Cl2N3O4S. The van der Waals surface area contributed by atoms with Gasteiger partial charge in [0.25, 0.3) is 0 Å². The average Bonchev–Trinajstić information content (AvgIpc) is 2.72. The fraction of sp³-hybridized carbons (Fsp3) is 0.760. The summed E-state index contributed by atoms with van der Waals surface area (Å²) >= 11 is 14.3. The SMILES string of the molecule is C.CSNC1=CC(CN[C@@H](CN2CCC(C3=CC=C(Cl)CC3)CC2)C(C)C)CC(Cl)C1.O.O.O.O. The molecule has 10 N–H and O–H groups in total. The highest BCUT2D eigenvalue weighted by Crippen LogP contribution is 2.32. The summed E-state index contributed by atoms with van der Waals surface area (Å²) < 4.78 is 3.40. The van der Waals surface area contributed by atoms with Crippen molar-refractivity contribution in [3.05, 3.63) is 34.5 Å². The Bertz CT molecular complexity index is 657. The summed E-state index contributed by atoms with van der Waals surface area (Å²) in [7, 11) is 0. The Morgan fingerprint density at radius 2 is 1.74 bits per heavy atom. The summed E-state index contributed by atoms with van der Waals surface area (Å²) in [5.41, 5.74) is 2.91. The molecule has 0 aromatic rings. The van der Waals surface area contributed by atoms with Crippen molar-refractivity contribution in [3.63, 3.8) is 0 Å². The summed E-state index contributed by atoms with van der Waals surface area (Å²) in [4.78, 5) is 2.67. The number of hydrogen-bond donors (Lipinski definition) is 2. The minimum absolute atomic E-state index is 0. The van der Waals surface area contributed by atoms with E-state index in [0.717, 1.165) is 49.7 Å². The first kappa shape index (κ1) is 39.2. The van der Waals surface area contributed by atoms with Crippen LogP contribution in [0.4, 0.5) is 0 Å². The average molecular weight is 561 g/mol. The molecule has 0 amide bonds. The zero-order chi connectivity index (χ0) is 21.5. The second kappa shape index (κ2) is 19.8. The van der Waals surface area contributed by atoms with Crippen molar-refractivity contribution in [2.45, 2.75) is 71.2 Å². The summed E-state index contributed by atoms with van der Waals surface area (Å²) in [6.07, 6.45) is 15.6. The first-order chi connectivity index (χ1) is 14.4. The Kier molecular flexibility index (Phi) is 22.2. The van der Waals surface area contributed by atoms with Crippen molar-refractivity contribution in [1.29, 1.82) is 0 Å². The predicted octanol–water partition coefficient (Wildman–Crippen LogP) is 3.26. The standard InChI is InChI=1S/C24H39Cl2N3S.CH4.4H2O/c1-17(2)24(27-15-18-12-22(26)14-23(13-18)28-30-3)16-29-10-8-20(9-11-29)19-4-6-21(25)7-5-19;;;;;/h4,6,13,17-18,20,22,24,27-28H,5,7-12,14-16H2,1-3H3;1H4;4*1H2/t18?,22?,24-;;;;;/m0...../s1. The topological polar surface area (TPSA) is 153 Å². The molecule has 3 atom stereocenters. The molecule has 10 heteroatoms. The lowest BCUT2D eigenvalue weighted by molar-refractivity contribution is 0.163. The van der Waals surface area contributed by atoms with Crippen LogP contribution in [0.25, 0.3) is 0 Å². The maximum atomic E-state index is 6.52. The minimum atomic E-state index is 0. The lowest BCUT2D eigenvalue weighted by Crippen LogP contribution is -2.48. The van der Waals surface area contributed by atoms with E-state index in [4.69, 9.17) is 23.2 Å². The van der Waals surface area contributed by atoms with Crippen molar-refractivity contribution >= 4 is 35.1 Å². The van der Waals surface area contributed by atoms with Crippen LogP contribution in [0.3, 0.4) is 0 Å². The molecule has 1 fully saturated rings. The fourth-order valence-electron chi connectivity index (χ4n) is 4.97. The van der Waals surface area contributed by atoms with E-state index in [1.807, 2.05) is 0 Å². The zero-order valence-electron chi connectivity index (χ0n) is 20.8. The number of nitrogens with zero attached hydrogens (tertiary/aromatic N) is 1. The second-order valence-electron chi connectivity index (χ2n) is 9.48. The highest BCUT2D eigenvalue weighted by atomic mass is 35.5. The largest absolute Gasteiger partial charge is 0.412 e. The molecule has 1 saturated heterocycles. The molecule has 7 nitrogen and oxygen atoms in total. The highest BCUT2D eigenvalue weighted by molar-refractivity contribution is 7.96. The van der Waals surface area contributed by atoms with Gasteiger partial charge in [-0.1, -0.05) is 62.5 Å². The maximum absolute atomic E-state index is 6.52. The molecule has 3 rings (SSSR count). The van der Waals surface area contributed by atoms with Crippen molar-refractivity contribution in [1.82, 2.24) is 14.9 Å². The first-order valence-corrected chi connectivity index (χ1v) is 13.6. The number of likely N-dealkylation sites (tertiary alicyclic amines) is 1. The number of allylic oxidation sites excluding steroid dienone is 5. The quantitative estimate of drug-likeness (QED) is 0.328. The van der Waals surface area contributed by atoms with Crippen LogP contribution in [0, 0.1) is 17.8 Å². The van der Waals surface area contributed by atoms with E-state index < -0.39 is 0 Å². The number of piperidine rings is 1. The van der Waals surface area contributed by atoms with Crippen molar-refractivity contribution in [2.75, 3.05) is 32.4 Å². The molecule has 0 saturated carbocycles. The second-order valence-corrected chi connectivity index (χ2v) is 11.2. The summed E-state index contributed by atoms with van der Waals surface area (Å²) in [6, 6.07) is 0.526. The van der Waals surface area contributed by atoms with E-state index in [0.29, 0.717) is 17.9 Å². The smallest absolute Gasteiger partial charge is 0.0396 e. The summed E-state index contributed by atoms with van der Waals surface area (Å²) in [5.74, 6) is 1.89. The molecule has 1 heterocycles. The van der Waals surface area contributed by atoms with Gasteiger partial charge < -0.3 is 36.8 Å². The van der Waals surface area contributed by atoms with E-state index in [-0.39, 0.29) is 34.7 Å². The molecule has 0 radical (unpaired) electrons. The van der Waals surface area contributed by atoms with Crippen molar-refractivity contribution in [2.24, 2.45) is 17.8 Å². The van der Waals surface area contributed by atoms with Crippen molar-refractivity contribution in [3.8, 4) is 0 Å². The fourth-order valence-corrected chi connectivity index (χ4v) is 5.93. The van der Waals surface area contributed by atoms with Gasteiger partial charge >= 0.3 is 0 Å². The molecule has 1 aliphatic heterocycles. The molecule has 0 bridgehead atoms. The van der Waals surface area contributed by atoms with Crippen LogP contribution in [0.5, 0.6) is 0 Å². The van der Waals surface area contributed by atoms with Crippen LogP contribution in [-0.4, -0.2) is 70.7 Å². The molecule has 3 aliphatic rings. The van der Waals surface area contributed by atoms with Gasteiger partial charge in [-0.2, -0.15) is 0 Å². The Morgan fingerprint density at radius 1 is 1.09 bits per heavy atom. The molecule has 2 aliphatic carbocycles. The third kappa shape index (κ3) is 12.7. The van der Waals surface area contributed by atoms with E-state index >= 15 is 0 Å². The number of hydrogen-bond acceptors (Lipinski definition) is 4. The Morgan fingerprint density at radius 3 is 2.29 bits per heavy atom. The van der Waals surface area contributed by atoms with Gasteiger partial charge in [0.1, 0.15) is 0 Å². The van der Waals surface area contributed by atoms with Crippen LogP contribution < -0.4 is 10.0 Å². The normalized spacial score (nSPS) is 23.5. The number of nitrogens with one attached hydrogen (secondary N) is 2. The summed E-state index contributed by atoms with van der Waals surface area (Å²) in [6.45, 7) is 9.26. The van der Waals surface area contributed by atoms with E-state index in [1.54, 1.807) is 17.5 Å². The lowest BCUT2D eigenvalue weighted by Gasteiger charge is -2.37. The minimum Gasteiger partial charge on any atom is -0.412 e. The van der Waals surface area contributed by atoms with Gasteiger partial charge in [-0.05, 0) is 69.0 Å². The molecular weight excluding hydrogens is 509 g/mol. The van der Waals surface area contributed by atoms with Gasteiger partial charge in [0.15, 0.2) is 0 Å². The monoisotopic (exact) mass is 559 g/mol. The van der Waals surface area contributed by atoms with E-state index in [1.165, 1.54) is 31.6 Å². The molecule has 0 spiro atoms. The van der Waals surface area contributed by atoms with Gasteiger partial charge in [-0.15, -0.1) is 11.6 Å². The maximum Gasteiger partial charge on any atom is 0.0396 e. The molecule has 35 heavy (non-hydrogen) atoms. The van der Waals surface area contributed by atoms with E-state index in [2.05, 4.69) is 53.3 Å². The van der Waals surface area contributed by atoms with Crippen LogP contribution in [0.15, 0.2) is 34.5 Å². The Balaban J connectivity index is -0.00000205. The highest BCUT2D eigenvalue weighted by Gasteiger charge is 2.27. The molecule has 210 valence electrons. The van der Waals surface area contributed by atoms with Gasteiger partial charge in [0.2, 0.25) is 0 Å². The molecule has 0 aromatic carbocycles. The number of halogens is 2. The van der Waals surface area contributed by atoms with Gasteiger partial charge in [-0.25, -0.2) is 0 Å². The number of alkyl halides is 1. The predicted molar refractivity (Wildman–Crippen MR) is 155 cm³/mol. The van der Waals surface area contributed by atoms with Gasteiger partial charge in [0, 0.05) is 47.9 Å². The van der Waals surface area contributed by atoms with Crippen LogP contribution in [0.2, 0.25) is 0 Å². The van der Waals surface area contributed by atoms with Crippen LogP contribution >= 0.6 is 35.1 Å². The van der Waals surface area contributed by atoms with Gasteiger partial charge in [-0.3, -0.25) is 0 Å². The molecule has 2 unspecified atom stereocenters. The third-order valence-corrected chi connectivity index (χ3v) is 7.93. The van der Waals surface area contributed by atoms with Crippen LogP contribution in [0.1, 0.15) is 59.8 Å². The van der Waals surface area contributed by atoms with Crippen molar-refractivity contribution < 1.29 is 21.9 Å². The first-order valence-electron chi connectivity index (χ1n) is 11.6. The van der Waals surface area contributed by atoms with Crippen LogP contribution in [-0.2, 0) is 0 Å². The number of rotatable bonds is 9. The summed E-state index contributed by atoms with van der Waals surface area (Å²) in [5, 5.41) is 5.13.